The quantitative estimate of drug-likeness (QED) is 0.897. The lowest BCUT2D eigenvalue weighted by Crippen LogP contribution is -2.29. The summed E-state index contributed by atoms with van der Waals surface area (Å²) in [7, 11) is 0. The molecule has 0 bridgehead atoms. The minimum absolute atomic E-state index is 0.0195. The van der Waals surface area contributed by atoms with Gasteiger partial charge >= 0.3 is 0 Å². The first kappa shape index (κ1) is 15.0. The number of carbonyl (C=O) groups excluding carboxylic acids is 2. The molecule has 1 aliphatic rings. The molecule has 0 atom stereocenters. The first-order chi connectivity index (χ1) is 9.61. The fourth-order valence-electron chi connectivity index (χ4n) is 2.45. The summed E-state index contributed by atoms with van der Waals surface area (Å²) in [4.78, 5) is 25.4. The normalized spacial score (nSPS) is 13.2. The largest absolute Gasteiger partial charge is 0.356 e. The molecule has 0 radical (unpaired) electrons. The van der Waals surface area contributed by atoms with Crippen molar-refractivity contribution in [3.63, 3.8) is 0 Å². The summed E-state index contributed by atoms with van der Waals surface area (Å²) < 4.78 is 1.04. The first-order valence-electron chi connectivity index (χ1n) is 6.97. The number of nitrogens with zero attached hydrogens (tertiary/aromatic N) is 1. The number of halogens is 1. The van der Waals surface area contributed by atoms with Crippen molar-refractivity contribution >= 4 is 33.4 Å². The standard InChI is InChI=1S/C15H19BrN2O2/c1-2-17-14(19)4-3-5-15(20)18-9-8-11-10-12(16)6-7-13(11)18/h6-7,10H,2-5,8-9H2,1H3,(H,17,19). The van der Waals surface area contributed by atoms with E-state index >= 15 is 0 Å². The molecule has 0 aromatic heterocycles. The van der Waals surface area contributed by atoms with Crippen molar-refractivity contribution in [2.45, 2.75) is 32.6 Å². The third-order valence-corrected chi connectivity index (χ3v) is 3.90. The van der Waals surface area contributed by atoms with Crippen LogP contribution in [0.25, 0.3) is 0 Å². The molecule has 108 valence electrons. The SMILES string of the molecule is CCNC(=O)CCCC(=O)N1CCc2cc(Br)ccc21. The predicted octanol–water partition coefficient (Wildman–Crippen LogP) is 2.64. The molecular formula is C15H19BrN2O2. The van der Waals surface area contributed by atoms with Crippen molar-refractivity contribution in [2.24, 2.45) is 0 Å². The van der Waals surface area contributed by atoms with Crippen LogP contribution in [0, 0.1) is 0 Å². The van der Waals surface area contributed by atoms with Gasteiger partial charge in [0, 0.05) is 36.1 Å². The average molecular weight is 339 g/mol. The van der Waals surface area contributed by atoms with Gasteiger partial charge in [0.1, 0.15) is 0 Å². The maximum atomic E-state index is 12.2. The van der Waals surface area contributed by atoms with E-state index in [4.69, 9.17) is 0 Å². The van der Waals surface area contributed by atoms with Crippen molar-refractivity contribution in [2.75, 3.05) is 18.0 Å². The number of amides is 2. The Morgan fingerprint density at radius 2 is 2.15 bits per heavy atom. The van der Waals surface area contributed by atoms with Crippen molar-refractivity contribution in [1.29, 1.82) is 0 Å². The van der Waals surface area contributed by atoms with E-state index in [0.29, 0.717) is 25.8 Å². The third kappa shape index (κ3) is 3.60. The Bertz CT molecular complexity index is 517. The third-order valence-electron chi connectivity index (χ3n) is 3.41. The van der Waals surface area contributed by atoms with Gasteiger partial charge in [-0.15, -0.1) is 0 Å². The molecule has 2 rings (SSSR count). The monoisotopic (exact) mass is 338 g/mol. The second-order valence-electron chi connectivity index (χ2n) is 4.88. The molecule has 5 heteroatoms. The van der Waals surface area contributed by atoms with Crippen LogP contribution in [0.1, 0.15) is 31.7 Å². The fourth-order valence-corrected chi connectivity index (χ4v) is 2.86. The van der Waals surface area contributed by atoms with Crippen LogP contribution in [0.3, 0.4) is 0 Å². The molecule has 1 aromatic carbocycles. The van der Waals surface area contributed by atoms with Crippen LogP contribution >= 0.6 is 15.9 Å². The number of benzene rings is 1. The zero-order chi connectivity index (χ0) is 14.5. The number of nitrogens with one attached hydrogen (secondary N) is 1. The Morgan fingerprint density at radius 1 is 1.35 bits per heavy atom. The Hall–Kier alpha value is -1.36. The van der Waals surface area contributed by atoms with Crippen LogP contribution in [0.5, 0.6) is 0 Å². The maximum Gasteiger partial charge on any atom is 0.227 e. The van der Waals surface area contributed by atoms with Gasteiger partial charge in [-0.1, -0.05) is 15.9 Å². The highest BCUT2D eigenvalue weighted by atomic mass is 79.9. The highest BCUT2D eigenvalue weighted by molar-refractivity contribution is 9.10. The van der Waals surface area contributed by atoms with Gasteiger partial charge in [0.15, 0.2) is 0 Å². The second-order valence-corrected chi connectivity index (χ2v) is 5.79. The Kier molecular flexibility index (Phi) is 5.17. The summed E-state index contributed by atoms with van der Waals surface area (Å²) >= 11 is 3.45. The molecule has 0 saturated carbocycles. The van der Waals surface area contributed by atoms with Crippen LogP contribution < -0.4 is 10.2 Å². The number of rotatable bonds is 5. The summed E-state index contributed by atoms with van der Waals surface area (Å²) in [5, 5.41) is 2.74. The molecule has 0 unspecified atom stereocenters. The van der Waals surface area contributed by atoms with Crippen LogP contribution in [0.4, 0.5) is 5.69 Å². The number of carbonyl (C=O) groups is 2. The molecule has 0 spiro atoms. The number of anilines is 1. The topological polar surface area (TPSA) is 49.4 Å². The molecular weight excluding hydrogens is 320 g/mol. The highest BCUT2D eigenvalue weighted by Gasteiger charge is 2.24. The van der Waals surface area contributed by atoms with Crippen LogP contribution in [-0.4, -0.2) is 24.9 Å². The zero-order valence-electron chi connectivity index (χ0n) is 11.6. The van der Waals surface area contributed by atoms with Crippen LogP contribution in [0.2, 0.25) is 0 Å². The molecule has 0 aliphatic carbocycles. The van der Waals surface area contributed by atoms with E-state index < -0.39 is 0 Å². The van der Waals surface area contributed by atoms with Crippen molar-refractivity contribution in [3.05, 3.63) is 28.2 Å². The summed E-state index contributed by atoms with van der Waals surface area (Å²) in [6.07, 6.45) is 2.34. The van der Waals surface area contributed by atoms with E-state index in [2.05, 4.69) is 27.3 Å². The van der Waals surface area contributed by atoms with Crippen molar-refractivity contribution in [3.8, 4) is 0 Å². The van der Waals surface area contributed by atoms with Crippen molar-refractivity contribution < 1.29 is 9.59 Å². The number of fused-ring (bicyclic) bond motifs is 1. The highest BCUT2D eigenvalue weighted by Crippen LogP contribution is 2.31. The van der Waals surface area contributed by atoms with Gasteiger partial charge in [-0.25, -0.2) is 0 Å². The Labute approximate surface area is 127 Å². The van der Waals surface area contributed by atoms with E-state index in [1.54, 1.807) is 0 Å². The van der Waals surface area contributed by atoms with E-state index in [1.165, 1.54) is 5.56 Å². The summed E-state index contributed by atoms with van der Waals surface area (Å²) in [5.41, 5.74) is 2.22. The summed E-state index contributed by atoms with van der Waals surface area (Å²) in [5.74, 6) is 0.126. The maximum absolute atomic E-state index is 12.2. The molecule has 0 fully saturated rings. The average Bonchev–Trinajstić information content (AvgIpc) is 2.81. The molecule has 20 heavy (non-hydrogen) atoms. The smallest absolute Gasteiger partial charge is 0.227 e. The summed E-state index contributed by atoms with van der Waals surface area (Å²) in [6.45, 7) is 3.27. The molecule has 1 aliphatic heterocycles. The van der Waals surface area contributed by atoms with Gasteiger partial charge in [-0.3, -0.25) is 9.59 Å². The van der Waals surface area contributed by atoms with E-state index in [1.807, 2.05) is 24.0 Å². The van der Waals surface area contributed by atoms with Gasteiger partial charge in [0.05, 0.1) is 0 Å². The molecule has 0 saturated heterocycles. The van der Waals surface area contributed by atoms with E-state index in [0.717, 1.165) is 23.1 Å². The van der Waals surface area contributed by atoms with Gasteiger partial charge in [0.25, 0.3) is 0 Å². The zero-order valence-corrected chi connectivity index (χ0v) is 13.2. The molecule has 1 heterocycles. The molecule has 1 aromatic rings. The number of hydrogen-bond acceptors (Lipinski definition) is 2. The second kappa shape index (κ2) is 6.88. The van der Waals surface area contributed by atoms with E-state index in [-0.39, 0.29) is 11.8 Å². The van der Waals surface area contributed by atoms with Gasteiger partial charge in [-0.05, 0) is 43.5 Å². The predicted molar refractivity (Wildman–Crippen MR) is 82.7 cm³/mol. The van der Waals surface area contributed by atoms with Gasteiger partial charge < -0.3 is 10.2 Å². The van der Waals surface area contributed by atoms with Crippen LogP contribution in [-0.2, 0) is 16.0 Å². The molecule has 2 amide bonds. The lowest BCUT2D eigenvalue weighted by atomic mass is 10.1. The lowest BCUT2D eigenvalue weighted by molar-refractivity contribution is -0.121. The first-order valence-corrected chi connectivity index (χ1v) is 7.76. The Balaban J connectivity index is 1.88. The lowest BCUT2D eigenvalue weighted by Gasteiger charge is -2.17. The van der Waals surface area contributed by atoms with E-state index in [9.17, 15) is 9.59 Å². The number of hydrogen-bond donors (Lipinski definition) is 1. The Morgan fingerprint density at radius 3 is 2.90 bits per heavy atom. The van der Waals surface area contributed by atoms with Gasteiger partial charge in [0.2, 0.25) is 11.8 Å². The molecule has 4 nitrogen and oxygen atoms in total. The molecule has 1 N–H and O–H groups in total. The minimum atomic E-state index is 0.0195. The van der Waals surface area contributed by atoms with Gasteiger partial charge in [-0.2, -0.15) is 0 Å². The summed E-state index contributed by atoms with van der Waals surface area (Å²) in [6, 6.07) is 6.00. The van der Waals surface area contributed by atoms with Crippen LogP contribution in [0.15, 0.2) is 22.7 Å². The van der Waals surface area contributed by atoms with Crippen molar-refractivity contribution in [1.82, 2.24) is 5.32 Å². The minimum Gasteiger partial charge on any atom is -0.356 e. The fraction of sp³-hybridized carbons (Fsp3) is 0.467.